The smallest absolute Gasteiger partial charge is 0.143 e. The van der Waals surface area contributed by atoms with Crippen molar-refractivity contribution in [3.8, 4) is 39.1 Å². The molecule has 64 heavy (non-hydrogen) atoms. The van der Waals surface area contributed by atoms with Crippen molar-refractivity contribution in [2.24, 2.45) is 0 Å². The summed E-state index contributed by atoms with van der Waals surface area (Å²) >= 11 is 1.85. The summed E-state index contributed by atoms with van der Waals surface area (Å²) < 4.78 is 11.5. The van der Waals surface area contributed by atoms with Crippen molar-refractivity contribution in [1.82, 2.24) is 4.57 Å². The van der Waals surface area contributed by atoms with Gasteiger partial charge >= 0.3 is 0 Å². The summed E-state index contributed by atoms with van der Waals surface area (Å²) in [6, 6.07) is 83.5. The molecule has 0 N–H and O–H groups in total. The van der Waals surface area contributed by atoms with Crippen molar-refractivity contribution in [3.05, 3.63) is 231 Å². The Bertz CT molecular complexity index is 3880. The van der Waals surface area contributed by atoms with E-state index in [2.05, 4.69) is 228 Å². The zero-order chi connectivity index (χ0) is 42.1. The molecule has 0 bridgehead atoms. The van der Waals surface area contributed by atoms with Gasteiger partial charge in [-0.2, -0.15) is 0 Å². The zero-order valence-corrected chi connectivity index (χ0v) is 35.5. The molecule has 4 heteroatoms. The summed E-state index contributed by atoms with van der Waals surface area (Å²) in [6.07, 6.45) is 0. The molecular weight excluding hydrogens is 797 g/mol. The molecule has 13 rings (SSSR count). The van der Waals surface area contributed by atoms with Gasteiger partial charge in [-0.1, -0.05) is 146 Å². The van der Waals surface area contributed by atoms with Crippen molar-refractivity contribution in [2.45, 2.75) is 0 Å². The molecule has 0 atom stereocenters. The number of furan rings is 1. The predicted molar refractivity (Wildman–Crippen MR) is 272 cm³/mol. The van der Waals surface area contributed by atoms with Crippen LogP contribution in [0.2, 0.25) is 0 Å². The Hall–Kier alpha value is -8.18. The number of benzene rings is 10. The Morgan fingerprint density at radius 3 is 1.78 bits per heavy atom. The van der Waals surface area contributed by atoms with Crippen molar-refractivity contribution in [2.75, 3.05) is 4.90 Å². The van der Waals surface area contributed by atoms with Crippen LogP contribution < -0.4 is 4.90 Å². The van der Waals surface area contributed by atoms with Crippen LogP contribution in [0.15, 0.2) is 235 Å². The minimum absolute atomic E-state index is 0.904. The lowest BCUT2D eigenvalue weighted by molar-refractivity contribution is 0.670. The van der Waals surface area contributed by atoms with Gasteiger partial charge in [0.1, 0.15) is 11.2 Å². The first kappa shape index (κ1) is 36.5. The summed E-state index contributed by atoms with van der Waals surface area (Å²) in [5.41, 5.74) is 15.4. The van der Waals surface area contributed by atoms with E-state index in [-0.39, 0.29) is 0 Å². The fraction of sp³-hybridized carbons (Fsp3) is 0. The van der Waals surface area contributed by atoms with Gasteiger partial charge < -0.3 is 13.9 Å². The van der Waals surface area contributed by atoms with Crippen LogP contribution >= 0.6 is 11.3 Å². The van der Waals surface area contributed by atoms with E-state index in [4.69, 9.17) is 4.42 Å². The van der Waals surface area contributed by atoms with E-state index in [0.29, 0.717) is 0 Å². The normalized spacial score (nSPS) is 11.8. The third-order valence-corrected chi connectivity index (χ3v) is 13.9. The summed E-state index contributed by atoms with van der Waals surface area (Å²) in [5, 5.41) is 7.21. The Morgan fingerprint density at radius 2 is 0.984 bits per heavy atom. The molecule has 13 aromatic rings. The number of anilines is 3. The summed E-state index contributed by atoms with van der Waals surface area (Å²) in [4.78, 5) is 2.40. The highest BCUT2D eigenvalue weighted by atomic mass is 32.1. The van der Waals surface area contributed by atoms with Crippen LogP contribution in [0.25, 0.3) is 103 Å². The fourth-order valence-corrected chi connectivity index (χ4v) is 10.9. The second-order valence-corrected chi connectivity index (χ2v) is 17.5. The number of fused-ring (bicyclic) bond motifs is 9. The van der Waals surface area contributed by atoms with Gasteiger partial charge in [-0.25, -0.2) is 0 Å². The van der Waals surface area contributed by atoms with E-state index < -0.39 is 0 Å². The number of thiophene rings is 1. The van der Waals surface area contributed by atoms with Crippen LogP contribution in [-0.2, 0) is 0 Å². The number of nitrogens with zero attached hydrogens (tertiary/aromatic N) is 2. The van der Waals surface area contributed by atoms with Gasteiger partial charge in [-0.05, 0) is 107 Å². The highest BCUT2D eigenvalue weighted by molar-refractivity contribution is 7.25. The molecule has 0 saturated carbocycles. The van der Waals surface area contributed by atoms with Crippen molar-refractivity contribution in [1.29, 1.82) is 0 Å². The molecule has 0 spiro atoms. The molecular formula is C60H38N2OS. The van der Waals surface area contributed by atoms with E-state index in [0.717, 1.165) is 61.3 Å². The second kappa shape index (κ2) is 14.7. The summed E-state index contributed by atoms with van der Waals surface area (Å²) in [5.74, 6) is 0. The molecule has 10 aromatic carbocycles. The molecule has 0 saturated heterocycles. The third kappa shape index (κ3) is 5.88. The molecule has 3 heterocycles. The molecule has 3 aromatic heterocycles. The van der Waals surface area contributed by atoms with Gasteiger partial charge in [0, 0.05) is 75.6 Å². The van der Waals surface area contributed by atoms with Crippen molar-refractivity contribution in [3.63, 3.8) is 0 Å². The minimum Gasteiger partial charge on any atom is -0.455 e. The molecule has 300 valence electrons. The second-order valence-electron chi connectivity index (χ2n) is 16.5. The molecule has 0 aliphatic carbocycles. The fourth-order valence-electron chi connectivity index (χ4n) is 9.82. The minimum atomic E-state index is 0.904. The van der Waals surface area contributed by atoms with Gasteiger partial charge in [-0.15, -0.1) is 11.3 Å². The van der Waals surface area contributed by atoms with Gasteiger partial charge in [-0.3, -0.25) is 0 Å². The lowest BCUT2D eigenvalue weighted by Gasteiger charge is -2.26. The molecule has 3 nitrogen and oxygen atoms in total. The van der Waals surface area contributed by atoms with Gasteiger partial charge in [0.05, 0.1) is 11.0 Å². The van der Waals surface area contributed by atoms with E-state index in [1.54, 1.807) is 0 Å². The molecule has 0 fully saturated rings. The quantitative estimate of drug-likeness (QED) is 0.159. The molecule has 0 amide bonds. The Morgan fingerprint density at radius 1 is 0.359 bits per heavy atom. The monoisotopic (exact) mass is 834 g/mol. The first-order valence-electron chi connectivity index (χ1n) is 21.7. The van der Waals surface area contributed by atoms with Gasteiger partial charge in [0.25, 0.3) is 0 Å². The number of rotatable bonds is 7. The highest BCUT2D eigenvalue weighted by Crippen LogP contribution is 2.46. The zero-order valence-electron chi connectivity index (χ0n) is 34.7. The van der Waals surface area contributed by atoms with Crippen molar-refractivity contribution < 1.29 is 4.42 Å². The largest absolute Gasteiger partial charge is 0.455 e. The molecule has 0 aliphatic heterocycles. The van der Waals surface area contributed by atoms with E-state index >= 15 is 0 Å². The summed E-state index contributed by atoms with van der Waals surface area (Å²) in [7, 11) is 0. The number of para-hydroxylation sites is 3. The SMILES string of the molecule is c1ccc(-c2cc(-c3ccccc3)c3c(c2)c2cc(N(c4ccccc4)c4ccc5sc6ccccc6c5c4)ccc2n3-c2ccc(-c3cccc4c3oc3ccccc34)cc2)cc1. The molecule has 0 aliphatic rings. The van der Waals surface area contributed by atoms with Crippen LogP contribution in [0.1, 0.15) is 0 Å². The number of hydrogen-bond donors (Lipinski definition) is 0. The highest BCUT2D eigenvalue weighted by Gasteiger charge is 2.22. The predicted octanol–water partition coefficient (Wildman–Crippen LogP) is 17.5. The van der Waals surface area contributed by atoms with Crippen LogP contribution in [0.4, 0.5) is 17.1 Å². The van der Waals surface area contributed by atoms with Gasteiger partial charge in [0.2, 0.25) is 0 Å². The Labute approximate surface area is 373 Å². The molecule has 0 radical (unpaired) electrons. The maximum atomic E-state index is 6.49. The standard InChI is InChI=1S/C60H38N2OS/c1-4-15-39(16-5-1)42-35-51(40-17-6-2-7-18-40)59-54(36-42)52-37-45(61(43-19-8-3-9-20-43)46-32-34-58-53(38-46)49-22-11-13-26-57(49)64-58)31-33-55(52)62(59)44-29-27-41(28-30-44)47-23-14-24-50-48-21-10-12-25-56(48)63-60(47)50/h1-38H. The average Bonchev–Trinajstić information content (AvgIpc) is 4.04. The average molecular weight is 835 g/mol. The van der Waals surface area contributed by atoms with E-state index in [1.165, 1.54) is 58.7 Å². The van der Waals surface area contributed by atoms with Crippen molar-refractivity contribution >= 4 is 92.3 Å². The first-order valence-corrected chi connectivity index (χ1v) is 22.6. The first-order chi connectivity index (χ1) is 31.7. The number of hydrogen-bond acceptors (Lipinski definition) is 3. The lowest BCUT2D eigenvalue weighted by Crippen LogP contribution is -2.09. The lowest BCUT2D eigenvalue weighted by atomic mass is 9.95. The Balaban J connectivity index is 1.06. The van der Waals surface area contributed by atoms with Crippen LogP contribution in [0.3, 0.4) is 0 Å². The van der Waals surface area contributed by atoms with E-state index in [9.17, 15) is 0 Å². The Kier molecular flexibility index (Phi) is 8.40. The maximum Gasteiger partial charge on any atom is 0.143 e. The van der Waals surface area contributed by atoms with Crippen LogP contribution in [0, 0.1) is 0 Å². The van der Waals surface area contributed by atoms with E-state index in [1.807, 2.05) is 23.5 Å². The maximum absolute atomic E-state index is 6.49. The third-order valence-electron chi connectivity index (χ3n) is 12.8. The van der Waals surface area contributed by atoms with Gasteiger partial charge in [0.15, 0.2) is 0 Å². The number of aromatic nitrogens is 1. The van der Waals surface area contributed by atoms with Crippen LogP contribution in [0.5, 0.6) is 0 Å². The molecule has 0 unspecified atom stereocenters. The topological polar surface area (TPSA) is 21.3 Å². The van der Waals surface area contributed by atoms with Crippen LogP contribution in [-0.4, -0.2) is 4.57 Å². The summed E-state index contributed by atoms with van der Waals surface area (Å²) in [6.45, 7) is 0.